The molecule has 2 saturated heterocycles. The Morgan fingerprint density at radius 2 is 1.45 bits per heavy atom. The van der Waals surface area contributed by atoms with Gasteiger partial charge in [-0.25, -0.2) is 0 Å². The summed E-state index contributed by atoms with van der Waals surface area (Å²) >= 11 is 0. The van der Waals surface area contributed by atoms with Crippen molar-refractivity contribution >= 4 is 11.6 Å². The monoisotopic (exact) mass is 272 g/mol. The number of hydrogen-bond acceptors (Lipinski definition) is 2. The smallest absolute Gasteiger partial charge is 0.226 e. The first-order chi connectivity index (χ1) is 9.83. The van der Waals surface area contributed by atoms with E-state index in [4.69, 9.17) is 0 Å². The van der Waals surface area contributed by atoms with Crippen molar-refractivity contribution in [2.75, 3.05) is 31.1 Å². The van der Waals surface area contributed by atoms with Crippen LogP contribution in [0, 0.1) is 0 Å². The quantitative estimate of drug-likeness (QED) is 0.844. The zero-order chi connectivity index (χ0) is 13.8. The maximum absolute atomic E-state index is 12.1. The Morgan fingerprint density at radius 1 is 0.850 bits per heavy atom. The standard InChI is InChI=1S/C17H24N2O/c20-17(19-12-4-5-13-19)14-15-6-8-16(9-7-15)18-10-2-1-3-11-18/h6-9H,1-5,10-14H2. The van der Waals surface area contributed by atoms with Crippen LogP contribution < -0.4 is 4.90 Å². The van der Waals surface area contributed by atoms with Crippen LogP contribution in [-0.2, 0) is 11.2 Å². The van der Waals surface area contributed by atoms with Crippen LogP contribution in [-0.4, -0.2) is 37.0 Å². The van der Waals surface area contributed by atoms with Crippen LogP contribution in [0.4, 0.5) is 5.69 Å². The van der Waals surface area contributed by atoms with Crippen LogP contribution in [0.5, 0.6) is 0 Å². The fraction of sp³-hybridized carbons (Fsp3) is 0.588. The Balaban J connectivity index is 1.59. The molecule has 0 bridgehead atoms. The van der Waals surface area contributed by atoms with Crippen LogP contribution in [0.2, 0.25) is 0 Å². The molecule has 3 heteroatoms. The zero-order valence-corrected chi connectivity index (χ0v) is 12.2. The van der Waals surface area contributed by atoms with E-state index in [1.807, 2.05) is 4.90 Å². The molecule has 2 aliphatic rings. The molecule has 1 aromatic carbocycles. The number of amides is 1. The summed E-state index contributed by atoms with van der Waals surface area (Å²) in [7, 11) is 0. The maximum Gasteiger partial charge on any atom is 0.226 e. The Hall–Kier alpha value is -1.51. The van der Waals surface area contributed by atoms with E-state index in [0.717, 1.165) is 18.7 Å². The molecular formula is C17H24N2O. The molecule has 0 unspecified atom stereocenters. The van der Waals surface area contributed by atoms with Gasteiger partial charge >= 0.3 is 0 Å². The topological polar surface area (TPSA) is 23.6 Å². The summed E-state index contributed by atoms with van der Waals surface area (Å²) < 4.78 is 0. The lowest BCUT2D eigenvalue weighted by Crippen LogP contribution is -2.30. The van der Waals surface area contributed by atoms with E-state index in [0.29, 0.717) is 6.42 Å². The molecule has 0 radical (unpaired) electrons. The van der Waals surface area contributed by atoms with Crippen LogP contribution in [0.1, 0.15) is 37.7 Å². The average Bonchev–Trinajstić information content (AvgIpc) is 3.03. The van der Waals surface area contributed by atoms with E-state index in [1.54, 1.807) is 0 Å². The number of likely N-dealkylation sites (tertiary alicyclic amines) is 1. The number of anilines is 1. The van der Waals surface area contributed by atoms with E-state index in [2.05, 4.69) is 29.2 Å². The van der Waals surface area contributed by atoms with E-state index in [1.165, 1.54) is 50.9 Å². The number of rotatable bonds is 3. The highest BCUT2D eigenvalue weighted by molar-refractivity contribution is 5.79. The molecular weight excluding hydrogens is 248 g/mol. The molecule has 2 heterocycles. The molecule has 0 N–H and O–H groups in total. The van der Waals surface area contributed by atoms with Crippen molar-refractivity contribution in [1.82, 2.24) is 4.90 Å². The molecule has 1 aromatic rings. The highest BCUT2D eigenvalue weighted by atomic mass is 16.2. The summed E-state index contributed by atoms with van der Waals surface area (Å²) in [4.78, 5) is 16.6. The molecule has 0 spiro atoms. The molecule has 108 valence electrons. The first-order valence-electron chi connectivity index (χ1n) is 7.94. The van der Waals surface area contributed by atoms with Crippen LogP contribution in [0.15, 0.2) is 24.3 Å². The fourth-order valence-corrected chi connectivity index (χ4v) is 3.23. The molecule has 0 aromatic heterocycles. The van der Waals surface area contributed by atoms with Gasteiger partial charge in [0.25, 0.3) is 0 Å². The third-order valence-electron chi connectivity index (χ3n) is 4.47. The van der Waals surface area contributed by atoms with Crippen molar-refractivity contribution in [3.63, 3.8) is 0 Å². The summed E-state index contributed by atoms with van der Waals surface area (Å²) in [6.07, 6.45) is 6.85. The van der Waals surface area contributed by atoms with Gasteiger partial charge in [-0.05, 0) is 49.8 Å². The van der Waals surface area contributed by atoms with Gasteiger partial charge in [0, 0.05) is 31.9 Å². The number of hydrogen-bond donors (Lipinski definition) is 0. The number of carbonyl (C=O) groups is 1. The molecule has 0 atom stereocenters. The summed E-state index contributed by atoms with van der Waals surface area (Å²) in [5.74, 6) is 0.285. The first kappa shape index (κ1) is 13.5. The van der Waals surface area contributed by atoms with Crippen LogP contribution in [0.3, 0.4) is 0 Å². The SMILES string of the molecule is O=C(Cc1ccc(N2CCCCC2)cc1)N1CCCC1. The van der Waals surface area contributed by atoms with Gasteiger partial charge in [-0.15, -0.1) is 0 Å². The van der Waals surface area contributed by atoms with Crippen molar-refractivity contribution in [1.29, 1.82) is 0 Å². The third-order valence-corrected chi connectivity index (χ3v) is 4.47. The fourth-order valence-electron chi connectivity index (χ4n) is 3.23. The van der Waals surface area contributed by atoms with Crippen molar-refractivity contribution in [2.45, 2.75) is 38.5 Å². The van der Waals surface area contributed by atoms with Gasteiger partial charge in [-0.2, -0.15) is 0 Å². The van der Waals surface area contributed by atoms with Crippen molar-refractivity contribution < 1.29 is 4.79 Å². The number of nitrogens with zero attached hydrogens (tertiary/aromatic N) is 2. The molecule has 3 rings (SSSR count). The lowest BCUT2D eigenvalue weighted by Gasteiger charge is -2.28. The van der Waals surface area contributed by atoms with E-state index < -0.39 is 0 Å². The van der Waals surface area contributed by atoms with Crippen LogP contribution >= 0.6 is 0 Å². The average molecular weight is 272 g/mol. The van der Waals surface area contributed by atoms with Gasteiger partial charge in [0.05, 0.1) is 6.42 Å². The van der Waals surface area contributed by atoms with Crippen molar-refractivity contribution in [3.8, 4) is 0 Å². The Labute approximate surface area is 121 Å². The summed E-state index contributed by atoms with van der Waals surface area (Å²) in [5, 5.41) is 0. The Bertz CT molecular complexity index is 443. The van der Waals surface area contributed by atoms with E-state index >= 15 is 0 Å². The van der Waals surface area contributed by atoms with Crippen LogP contribution in [0.25, 0.3) is 0 Å². The minimum absolute atomic E-state index is 0.285. The molecule has 0 aliphatic carbocycles. The van der Waals surface area contributed by atoms with E-state index in [9.17, 15) is 4.79 Å². The van der Waals surface area contributed by atoms with Gasteiger partial charge < -0.3 is 9.80 Å². The van der Waals surface area contributed by atoms with Gasteiger partial charge in [0.15, 0.2) is 0 Å². The summed E-state index contributed by atoms with van der Waals surface area (Å²) in [5.41, 5.74) is 2.45. The Kier molecular flexibility index (Phi) is 4.24. The largest absolute Gasteiger partial charge is 0.372 e. The van der Waals surface area contributed by atoms with E-state index in [-0.39, 0.29) is 5.91 Å². The van der Waals surface area contributed by atoms with Gasteiger partial charge in [0.2, 0.25) is 5.91 Å². The number of carbonyl (C=O) groups excluding carboxylic acids is 1. The zero-order valence-electron chi connectivity index (χ0n) is 12.2. The second kappa shape index (κ2) is 6.29. The third kappa shape index (κ3) is 3.14. The minimum atomic E-state index is 0.285. The molecule has 2 aliphatic heterocycles. The van der Waals surface area contributed by atoms with Gasteiger partial charge in [-0.1, -0.05) is 12.1 Å². The number of benzene rings is 1. The number of piperidine rings is 1. The summed E-state index contributed by atoms with van der Waals surface area (Å²) in [6.45, 7) is 4.24. The predicted octanol–water partition coefficient (Wildman–Crippen LogP) is 2.84. The molecule has 2 fully saturated rings. The van der Waals surface area contributed by atoms with Gasteiger partial charge in [0.1, 0.15) is 0 Å². The molecule has 0 saturated carbocycles. The summed E-state index contributed by atoms with van der Waals surface area (Å²) in [6, 6.07) is 8.60. The highest BCUT2D eigenvalue weighted by Crippen LogP contribution is 2.20. The normalized spacial score (nSPS) is 19.4. The lowest BCUT2D eigenvalue weighted by molar-refractivity contribution is -0.129. The lowest BCUT2D eigenvalue weighted by atomic mass is 10.1. The predicted molar refractivity (Wildman–Crippen MR) is 82.0 cm³/mol. The van der Waals surface area contributed by atoms with Crippen molar-refractivity contribution in [2.24, 2.45) is 0 Å². The first-order valence-corrected chi connectivity index (χ1v) is 7.94. The minimum Gasteiger partial charge on any atom is -0.372 e. The van der Waals surface area contributed by atoms with Gasteiger partial charge in [-0.3, -0.25) is 4.79 Å². The second-order valence-corrected chi connectivity index (χ2v) is 5.98. The van der Waals surface area contributed by atoms with Crippen molar-refractivity contribution in [3.05, 3.63) is 29.8 Å². The maximum atomic E-state index is 12.1. The molecule has 20 heavy (non-hydrogen) atoms. The highest BCUT2D eigenvalue weighted by Gasteiger charge is 2.18. The second-order valence-electron chi connectivity index (χ2n) is 5.98. The molecule has 3 nitrogen and oxygen atoms in total. The Morgan fingerprint density at radius 3 is 2.10 bits per heavy atom. The molecule has 1 amide bonds.